The van der Waals surface area contributed by atoms with Gasteiger partial charge >= 0.3 is 0 Å². The Balaban J connectivity index is 2.20. The monoisotopic (exact) mass is 327 g/mol. The Morgan fingerprint density at radius 3 is 2.25 bits per heavy atom. The zero-order valence-corrected chi connectivity index (χ0v) is 12.9. The molecule has 0 N–H and O–H groups in total. The van der Waals surface area contributed by atoms with E-state index in [2.05, 4.69) is 9.97 Å². The van der Waals surface area contributed by atoms with Gasteiger partial charge in [0.15, 0.2) is 0 Å². The molecule has 0 fully saturated rings. The van der Waals surface area contributed by atoms with E-state index in [0.717, 1.165) is 6.07 Å². The van der Waals surface area contributed by atoms with Crippen molar-refractivity contribution in [1.29, 1.82) is 0 Å². The van der Waals surface area contributed by atoms with E-state index in [4.69, 9.17) is 0 Å². The molecule has 0 aliphatic carbocycles. The van der Waals surface area contributed by atoms with E-state index in [9.17, 15) is 13.2 Å². The van der Waals surface area contributed by atoms with E-state index in [-0.39, 0.29) is 5.56 Å². The first-order valence-electron chi connectivity index (χ1n) is 7.36. The number of fused-ring (bicyclic) bond motifs is 3. The molecular weight excluding hydrogens is 315 g/mol. The van der Waals surface area contributed by atoms with Gasteiger partial charge in [0, 0.05) is 12.1 Å². The van der Waals surface area contributed by atoms with Crippen molar-refractivity contribution < 1.29 is 13.2 Å². The molecule has 2 aromatic carbocycles. The summed E-state index contributed by atoms with van der Waals surface area (Å²) < 4.78 is 42.9. The van der Waals surface area contributed by atoms with E-state index in [1.54, 1.807) is 17.4 Å². The summed E-state index contributed by atoms with van der Waals surface area (Å²) in [6.07, 6.45) is 0. The Bertz CT molecular complexity index is 1120. The second kappa shape index (κ2) is 5.06. The van der Waals surface area contributed by atoms with Crippen molar-refractivity contribution in [1.82, 2.24) is 14.4 Å². The highest BCUT2D eigenvalue weighted by molar-refractivity contribution is 5.83. The highest BCUT2D eigenvalue weighted by atomic mass is 19.1. The maximum atomic E-state index is 14.3. The third-order valence-electron chi connectivity index (χ3n) is 4.03. The fourth-order valence-electron chi connectivity index (χ4n) is 3.04. The van der Waals surface area contributed by atoms with E-state index in [1.165, 1.54) is 24.3 Å². The summed E-state index contributed by atoms with van der Waals surface area (Å²) in [6, 6.07) is 7.54. The molecule has 0 saturated heterocycles. The lowest BCUT2D eigenvalue weighted by atomic mass is 10.2. The molecule has 0 radical (unpaired) electrons. The standard InChI is InChI=1S/C18H12F3N3/c1-9-17-10(2)23-18(13-5-3-11(19)7-14(13)21)24(17)16-8-12(20)4-6-15(16)22-9/h3-8H,1-2H3. The molecular formula is C18H12F3N3. The Morgan fingerprint density at radius 1 is 0.833 bits per heavy atom. The molecule has 24 heavy (non-hydrogen) atoms. The predicted octanol–water partition coefficient (Wildman–Crippen LogP) is 4.58. The van der Waals surface area contributed by atoms with Crippen molar-refractivity contribution in [3.63, 3.8) is 0 Å². The van der Waals surface area contributed by atoms with Crippen molar-refractivity contribution in [3.05, 3.63) is 65.2 Å². The van der Waals surface area contributed by atoms with Gasteiger partial charge in [0.05, 0.1) is 33.5 Å². The highest BCUT2D eigenvalue weighted by Gasteiger charge is 2.19. The van der Waals surface area contributed by atoms with Gasteiger partial charge in [-0.05, 0) is 38.1 Å². The first-order valence-corrected chi connectivity index (χ1v) is 7.36. The smallest absolute Gasteiger partial charge is 0.148 e. The lowest BCUT2D eigenvalue weighted by Gasteiger charge is -2.09. The molecule has 120 valence electrons. The summed E-state index contributed by atoms with van der Waals surface area (Å²) >= 11 is 0. The Morgan fingerprint density at radius 2 is 1.50 bits per heavy atom. The van der Waals surface area contributed by atoms with Crippen LogP contribution in [-0.4, -0.2) is 14.4 Å². The molecule has 4 aromatic rings. The van der Waals surface area contributed by atoms with Crippen LogP contribution in [-0.2, 0) is 0 Å². The largest absolute Gasteiger partial charge is 0.288 e. The van der Waals surface area contributed by atoms with Crippen LogP contribution in [0.2, 0.25) is 0 Å². The molecule has 0 saturated carbocycles. The minimum Gasteiger partial charge on any atom is -0.288 e. The zero-order chi connectivity index (χ0) is 17.0. The minimum atomic E-state index is -0.721. The average molecular weight is 327 g/mol. The third kappa shape index (κ3) is 2.06. The molecule has 0 bridgehead atoms. The van der Waals surface area contributed by atoms with Crippen LogP contribution in [0.5, 0.6) is 0 Å². The SMILES string of the molecule is Cc1nc(-c2ccc(F)cc2F)n2c1c(C)nc1ccc(F)cc12. The molecule has 0 atom stereocenters. The van der Waals surface area contributed by atoms with Gasteiger partial charge in [0.2, 0.25) is 0 Å². The summed E-state index contributed by atoms with van der Waals surface area (Å²) in [5.41, 5.74) is 3.23. The minimum absolute atomic E-state index is 0.149. The Hall–Kier alpha value is -2.89. The summed E-state index contributed by atoms with van der Waals surface area (Å²) in [6.45, 7) is 3.59. The lowest BCUT2D eigenvalue weighted by molar-refractivity contribution is 0.585. The van der Waals surface area contributed by atoms with Crippen molar-refractivity contribution in [3.8, 4) is 11.4 Å². The second-order valence-electron chi connectivity index (χ2n) is 5.66. The lowest BCUT2D eigenvalue weighted by Crippen LogP contribution is -1.99. The number of benzene rings is 2. The maximum absolute atomic E-state index is 14.3. The molecule has 0 aliphatic heterocycles. The van der Waals surface area contributed by atoms with Gasteiger partial charge in [-0.2, -0.15) is 0 Å². The fourth-order valence-corrected chi connectivity index (χ4v) is 3.04. The van der Waals surface area contributed by atoms with Gasteiger partial charge in [0.1, 0.15) is 23.3 Å². The topological polar surface area (TPSA) is 30.2 Å². The van der Waals surface area contributed by atoms with Gasteiger partial charge in [-0.3, -0.25) is 4.40 Å². The number of aromatic nitrogens is 3. The van der Waals surface area contributed by atoms with Crippen molar-refractivity contribution in [2.24, 2.45) is 0 Å². The summed E-state index contributed by atoms with van der Waals surface area (Å²) in [5.74, 6) is -1.52. The van der Waals surface area contributed by atoms with Gasteiger partial charge < -0.3 is 0 Å². The van der Waals surface area contributed by atoms with Crippen LogP contribution in [0.25, 0.3) is 27.9 Å². The molecule has 0 spiro atoms. The number of nitrogens with zero attached hydrogens (tertiary/aromatic N) is 3. The molecule has 2 aromatic heterocycles. The number of rotatable bonds is 1. The molecule has 3 nitrogen and oxygen atoms in total. The fraction of sp³-hybridized carbons (Fsp3) is 0.111. The van der Waals surface area contributed by atoms with Crippen molar-refractivity contribution in [2.75, 3.05) is 0 Å². The third-order valence-corrected chi connectivity index (χ3v) is 4.03. The first-order chi connectivity index (χ1) is 11.5. The normalized spacial score (nSPS) is 11.5. The molecule has 6 heteroatoms. The van der Waals surface area contributed by atoms with Crippen LogP contribution in [0.4, 0.5) is 13.2 Å². The van der Waals surface area contributed by atoms with Crippen LogP contribution in [0.1, 0.15) is 11.4 Å². The summed E-state index contributed by atoms with van der Waals surface area (Å²) in [4.78, 5) is 8.90. The number of aryl methyl sites for hydroxylation is 2. The number of hydrogen-bond acceptors (Lipinski definition) is 2. The Labute approximate surface area is 135 Å². The number of halogens is 3. The maximum Gasteiger partial charge on any atom is 0.148 e. The van der Waals surface area contributed by atoms with E-state index in [1.807, 2.05) is 6.92 Å². The quantitative estimate of drug-likeness (QED) is 0.512. The molecule has 2 heterocycles. The second-order valence-corrected chi connectivity index (χ2v) is 5.66. The van der Waals surface area contributed by atoms with Gasteiger partial charge in [-0.25, -0.2) is 23.1 Å². The van der Waals surface area contributed by atoms with Crippen LogP contribution in [0.3, 0.4) is 0 Å². The molecule has 0 unspecified atom stereocenters. The number of hydrogen-bond donors (Lipinski definition) is 0. The van der Waals surface area contributed by atoms with E-state index < -0.39 is 17.5 Å². The predicted molar refractivity (Wildman–Crippen MR) is 85.3 cm³/mol. The van der Waals surface area contributed by atoms with Crippen molar-refractivity contribution in [2.45, 2.75) is 13.8 Å². The first kappa shape index (κ1) is 14.7. The molecule has 0 amide bonds. The molecule has 4 rings (SSSR count). The average Bonchev–Trinajstić information content (AvgIpc) is 2.86. The summed E-state index contributed by atoms with van der Waals surface area (Å²) in [7, 11) is 0. The van der Waals surface area contributed by atoms with E-state index in [0.29, 0.717) is 33.8 Å². The van der Waals surface area contributed by atoms with Crippen LogP contribution in [0, 0.1) is 31.3 Å². The van der Waals surface area contributed by atoms with Crippen LogP contribution < -0.4 is 0 Å². The zero-order valence-electron chi connectivity index (χ0n) is 12.9. The van der Waals surface area contributed by atoms with Gasteiger partial charge in [0.25, 0.3) is 0 Å². The van der Waals surface area contributed by atoms with E-state index >= 15 is 0 Å². The van der Waals surface area contributed by atoms with Crippen LogP contribution >= 0.6 is 0 Å². The molecule has 0 aliphatic rings. The Kier molecular flexibility index (Phi) is 3.09. The van der Waals surface area contributed by atoms with Gasteiger partial charge in [-0.15, -0.1) is 0 Å². The highest BCUT2D eigenvalue weighted by Crippen LogP contribution is 2.30. The number of imidazole rings is 1. The van der Waals surface area contributed by atoms with Gasteiger partial charge in [-0.1, -0.05) is 0 Å². The van der Waals surface area contributed by atoms with Crippen LogP contribution in [0.15, 0.2) is 36.4 Å². The van der Waals surface area contributed by atoms with Crippen molar-refractivity contribution >= 4 is 16.6 Å². The summed E-state index contributed by atoms with van der Waals surface area (Å²) in [5, 5.41) is 0.